The molecule has 46 heavy (non-hydrogen) atoms. The topological polar surface area (TPSA) is 149 Å². The van der Waals surface area contributed by atoms with E-state index in [-0.39, 0.29) is 56.0 Å². The van der Waals surface area contributed by atoms with E-state index >= 15 is 0 Å². The second-order valence-electron chi connectivity index (χ2n) is 11.4. The van der Waals surface area contributed by atoms with Gasteiger partial charge in [-0.15, -0.1) is 0 Å². The summed E-state index contributed by atoms with van der Waals surface area (Å²) < 4.78 is 29.0. The molecule has 3 aromatic rings. The molecule has 3 atom stereocenters. The number of pyridine rings is 1. The number of nitrogens with one attached hydrogen (secondary N) is 2. The molecule has 0 radical (unpaired) electrons. The molecule has 244 valence electrons. The molecule has 2 aromatic carbocycles. The Labute approximate surface area is 285 Å². The van der Waals surface area contributed by atoms with E-state index in [1.165, 1.54) is 37.5 Å². The number of aromatic nitrogens is 1. The molecule has 5 rings (SSSR count). The van der Waals surface area contributed by atoms with E-state index in [0.29, 0.717) is 11.3 Å². The van der Waals surface area contributed by atoms with Gasteiger partial charge in [0.15, 0.2) is 0 Å². The number of likely N-dealkylation sites (tertiary alicyclic amines) is 1. The second kappa shape index (κ2) is 13.6. The van der Waals surface area contributed by atoms with Gasteiger partial charge in [-0.2, -0.15) is 4.31 Å². The lowest BCUT2D eigenvalue weighted by molar-refractivity contribution is -0.143. The zero-order valence-corrected chi connectivity index (χ0v) is 28.2. The van der Waals surface area contributed by atoms with E-state index in [0.717, 1.165) is 23.8 Å². The zero-order valence-electron chi connectivity index (χ0n) is 24.3. The molecule has 1 aromatic heterocycles. The average Bonchev–Trinajstić information content (AvgIpc) is 3.30. The molecule has 0 unspecified atom stereocenters. The highest BCUT2D eigenvalue weighted by molar-refractivity contribution is 7.89. The summed E-state index contributed by atoms with van der Waals surface area (Å²) in [5.74, 6) is -2.60. The van der Waals surface area contributed by atoms with Crippen molar-refractivity contribution in [3.05, 3.63) is 86.1 Å². The fourth-order valence-electron chi connectivity index (χ4n) is 5.64. The lowest BCUT2D eigenvalue weighted by Gasteiger charge is -2.36. The molecule has 2 aliphatic rings. The van der Waals surface area contributed by atoms with Crippen LogP contribution >= 0.6 is 46.4 Å². The smallest absolute Gasteiger partial charge is 0.326 e. The van der Waals surface area contributed by atoms with Crippen LogP contribution in [0, 0.1) is 0 Å². The highest BCUT2D eigenvalue weighted by Gasteiger charge is 2.55. The summed E-state index contributed by atoms with van der Waals surface area (Å²) in [4.78, 5) is 44.7. The first kappa shape index (κ1) is 34.4. The first-order valence-electron chi connectivity index (χ1n) is 14.1. The standard InChI is InChI=1S/C30H29Cl4N5O6S/c1-30(13-21(38-7-2-8-38)16-39(30)46(44,45)22-11-18(31)10-19(32)12-22)29(43)37-25(28(41)42)9-17-3-5-20(6-4-17)36-27(40)26-23(33)14-35-15-24(26)34/h3-6,10-12,14-15,21,25H,2,7-9,13,16H2,1H3,(H,36,40)(H,37,43)(H,41,42)/t21-,25+,30-/m1/s1. The number of amides is 2. The maximum absolute atomic E-state index is 13.9. The van der Waals surface area contributed by atoms with Crippen molar-refractivity contribution in [3.8, 4) is 0 Å². The van der Waals surface area contributed by atoms with Crippen LogP contribution in [0.15, 0.2) is 59.8 Å². The van der Waals surface area contributed by atoms with Gasteiger partial charge in [-0.3, -0.25) is 19.5 Å². The van der Waals surface area contributed by atoms with Crippen LogP contribution in [0.1, 0.15) is 35.7 Å². The number of anilines is 1. The van der Waals surface area contributed by atoms with Crippen molar-refractivity contribution in [2.75, 3.05) is 25.0 Å². The number of aliphatic carboxylic acids is 1. The van der Waals surface area contributed by atoms with Gasteiger partial charge in [0.05, 0.1) is 20.5 Å². The Hall–Kier alpha value is -2.97. The molecule has 0 saturated carbocycles. The quantitative estimate of drug-likeness (QED) is 0.265. The minimum atomic E-state index is -4.27. The lowest BCUT2D eigenvalue weighted by atomic mass is 9.94. The molecular weight excluding hydrogens is 700 g/mol. The summed E-state index contributed by atoms with van der Waals surface area (Å²) in [6, 6.07) is 8.66. The van der Waals surface area contributed by atoms with Crippen molar-refractivity contribution in [2.45, 2.75) is 48.7 Å². The molecule has 0 spiro atoms. The molecule has 2 fully saturated rings. The van der Waals surface area contributed by atoms with E-state index in [9.17, 15) is 27.9 Å². The molecule has 0 aliphatic carbocycles. The molecule has 0 bridgehead atoms. The van der Waals surface area contributed by atoms with Crippen molar-refractivity contribution >= 4 is 79.9 Å². The van der Waals surface area contributed by atoms with Crippen molar-refractivity contribution in [1.82, 2.24) is 19.5 Å². The minimum Gasteiger partial charge on any atom is -0.480 e. The van der Waals surface area contributed by atoms with Crippen LogP contribution in [-0.4, -0.2) is 82.8 Å². The minimum absolute atomic E-state index is 0.0389. The van der Waals surface area contributed by atoms with Gasteiger partial charge in [0, 0.05) is 47.1 Å². The number of nitrogens with zero attached hydrogens (tertiary/aromatic N) is 3. The van der Waals surface area contributed by atoms with Gasteiger partial charge in [0.1, 0.15) is 11.6 Å². The number of carboxylic acids is 1. The first-order valence-corrected chi connectivity index (χ1v) is 17.1. The Kier molecular flexibility index (Phi) is 10.2. The highest BCUT2D eigenvalue weighted by Crippen LogP contribution is 2.39. The van der Waals surface area contributed by atoms with Crippen LogP contribution in [0.2, 0.25) is 20.1 Å². The maximum atomic E-state index is 13.9. The summed E-state index contributed by atoms with van der Waals surface area (Å²) in [5.41, 5.74) is -0.613. The van der Waals surface area contributed by atoms with Crippen molar-refractivity contribution < 1.29 is 27.9 Å². The Morgan fingerprint density at radius 3 is 2.17 bits per heavy atom. The summed E-state index contributed by atoms with van der Waals surface area (Å²) in [6.45, 7) is 3.09. The number of halogens is 4. The predicted octanol–water partition coefficient (Wildman–Crippen LogP) is 4.99. The van der Waals surface area contributed by atoms with Crippen molar-refractivity contribution in [2.24, 2.45) is 0 Å². The third-order valence-corrected chi connectivity index (χ3v) is 11.2. The fraction of sp³-hybridized carbons (Fsp3) is 0.333. The van der Waals surface area contributed by atoms with Crippen LogP contribution in [0.4, 0.5) is 5.69 Å². The monoisotopic (exact) mass is 727 g/mol. The Balaban J connectivity index is 1.34. The van der Waals surface area contributed by atoms with E-state index in [2.05, 4.69) is 20.5 Å². The lowest BCUT2D eigenvalue weighted by Crippen LogP contribution is -2.58. The van der Waals surface area contributed by atoms with E-state index in [1.54, 1.807) is 24.3 Å². The molecule has 11 nitrogen and oxygen atoms in total. The van der Waals surface area contributed by atoms with E-state index < -0.39 is 39.4 Å². The number of hydrogen-bond donors (Lipinski definition) is 3. The van der Waals surface area contributed by atoms with E-state index in [4.69, 9.17) is 46.4 Å². The predicted molar refractivity (Wildman–Crippen MR) is 175 cm³/mol. The molecule has 2 aliphatic heterocycles. The van der Waals surface area contributed by atoms with Gasteiger partial charge in [0.25, 0.3) is 5.91 Å². The highest BCUT2D eigenvalue weighted by atomic mass is 35.5. The molecule has 2 amide bonds. The van der Waals surface area contributed by atoms with Crippen LogP contribution in [0.3, 0.4) is 0 Å². The Bertz CT molecular complexity index is 1750. The maximum Gasteiger partial charge on any atom is 0.326 e. The SMILES string of the molecule is C[C@]1(C(=O)N[C@@H](Cc2ccc(NC(=O)c3c(Cl)cncc3Cl)cc2)C(=O)O)C[C@@H](N2CCC2)CN1S(=O)(=O)c1cc(Cl)cc(Cl)c1. The van der Waals surface area contributed by atoms with E-state index in [1.807, 2.05) is 0 Å². The number of sulfonamides is 1. The molecule has 3 N–H and O–H groups in total. The first-order chi connectivity index (χ1) is 21.7. The molecule has 2 saturated heterocycles. The van der Waals surface area contributed by atoms with Crippen LogP contribution in [0.25, 0.3) is 0 Å². The van der Waals surface area contributed by atoms with Gasteiger partial charge in [-0.1, -0.05) is 58.5 Å². The second-order valence-corrected chi connectivity index (χ2v) is 14.9. The Morgan fingerprint density at radius 2 is 1.63 bits per heavy atom. The zero-order chi connectivity index (χ0) is 33.4. The summed E-state index contributed by atoms with van der Waals surface area (Å²) in [6.07, 6.45) is 3.61. The van der Waals surface area contributed by atoms with Crippen molar-refractivity contribution in [1.29, 1.82) is 0 Å². The average molecular weight is 729 g/mol. The number of rotatable bonds is 10. The van der Waals surface area contributed by atoms with Crippen LogP contribution in [0.5, 0.6) is 0 Å². The van der Waals surface area contributed by atoms with Gasteiger partial charge in [-0.05, 0) is 68.8 Å². The summed E-state index contributed by atoms with van der Waals surface area (Å²) in [5, 5.41) is 15.7. The number of benzene rings is 2. The van der Waals surface area contributed by atoms with Crippen LogP contribution in [-0.2, 0) is 26.0 Å². The van der Waals surface area contributed by atoms with Gasteiger partial charge in [-0.25, -0.2) is 13.2 Å². The summed E-state index contributed by atoms with van der Waals surface area (Å²) >= 11 is 24.3. The largest absolute Gasteiger partial charge is 0.480 e. The molecule has 3 heterocycles. The number of carboxylic acid groups (broad SMARTS) is 1. The third-order valence-electron chi connectivity index (χ3n) is 8.22. The number of carbonyl (C=O) groups excluding carboxylic acids is 2. The normalized spacial score (nSPS) is 20.9. The number of carbonyl (C=O) groups is 3. The summed E-state index contributed by atoms with van der Waals surface area (Å²) in [7, 11) is -4.27. The van der Waals surface area contributed by atoms with Gasteiger partial charge >= 0.3 is 5.97 Å². The fourth-order valence-corrected chi connectivity index (χ4v) is 8.69. The van der Waals surface area contributed by atoms with Crippen LogP contribution < -0.4 is 10.6 Å². The number of hydrogen-bond acceptors (Lipinski definition) is 7. The third kappa shape index (κ3) is 7.13. The van der Waals surface area contributed by atoms with Crippen molar-refractivity contribution in [3.63, 3.8) is 0 Å². The molecular formula is C30H29Cl4N5O6S. The Morgan fingerprint density at radius 1 is 1.02 bits per heavy atom. The molecule has 16 heteroatoms. The van der Waals surface area contributed by atoms with Gasteiger partial charge < -0.3 is 15.7 Å². The van der Waals surface area contributed by atoms with Gasteiger partial charge in [0.2, 0.25) is 15.9 Å².